The average molecular weight is 394 g/mol. The van der Waals surface area contributed by atoms with Gasteiger partial charge in [-0.1, -0.05) is 17.3 Å². The van der Waals surface area contributed by atoms with Crippen molar-refractivity contribution in [2.24, 2.45) is 0 Å². The molecule has 0 N–H and O–H groups in total. The molecule has 0 bridgehead atoms. The number of nitrogens with zero attached hydrogens (tertiary/aromatic N) is 4. The van der Waals surface area contributed by atoms with E-state index in [1.165, 1.54) is 24.9 Å². The number of aryl methyl sites for hydroxylation is 1. The first-order valence-corrected chi connectivity index (χ1v) is 10.1. The lowest BCUT2D eigenvalue weighted by Gasteiger charge is -2.29. The van der Waals surface area contributed by atoms with Crippen molar-refractivity contribution in [1.29, 1.82) is 0 Å². The Labute approximate surface area is 170 Å². The van der Waals surface area contributed by atoms with Crippen LogP contribution in [0.2, 0.25) is 0 Å². The van der Waals surface area contributed by atoms with Gasteiger partial charge < -0.3 is 18.7 Å². The molecule has 0 radical (unpaired) electrons. The molecule has 7 heteroatoms. The molecule has 3 aromatic rings. The summed E-state index contributed by atoms with van der Waals surface area (Å²) in [5.74, 6) is 1.43. The topological polar surface area (TPSA) is 75.6 Å². The standard InChI is InChI=1S/C22H26N4O3/c1-25(16-17-7-9-18(10-8-17)26-13-3-2-4-14-26)21(27)12-11-20-23-22(24-29-20)19-6-5-15-28-19/h5-10,15H,2-4,11-14,16H2,1H3. The van der Waals surface area contributed by atoms with Gasteiger partial charge in [-0.3, -0.25) is 4.79 Å². The Morgan fingerprint density at radius 1 is 1.14 bits per heavy atom. The molecule has 0 saturated carbocycles. The molecule has 1 aliphatic rings. The number of rotatable bonds is 7. The molecule has 7 nitrogen and oxygen atoms in total. The summed E-state index contributed by atoms with van der Waals surface area (Å²) in [6, 6.07) is 12.1. The number of carbonyl (C=O) groups excluding carboxylic acids is 1. The third-order valence-electron chi connectivity index (χ3n) is 5.27. The number of benzene rings is 1. The highest BCUT2D eigenvalue weighted by molar-refractivity contribution is 5.76. The first-order valence-electron chi connectivity index (χ1n) is 10.1. The van der Waals surface area contributed by atoms with Gasteiger partial charge in [0.05, 0.1) is 6.26 Å². The quantitative estimate of drug-likeness (QED) is 0.605. The van der Waals surface area contributed by atoms with Gasteiger partial charge in [0.25, 0.3) is 0 Å². The van der Waals surface area contributed by atoms with E-state index in [9.17, 15) is 4.79 Å². The zero-order valence-corrected chi connectivity index (χ0v) is 16.7. The maximum Gasteiger partial charge on any atom is 0.238 e. The molecule has 3 heterocycles. The fourth-order valence-corrected chi connectivity index (χ4v) is 3.59. The Bertz CT molecular complexity index is 912. The fraction of sp³-hybridized carbons (Fsp3) is 0.409. The van der Waals surface area contributed by atoms with Gasteiger partial charge in [0.2, 0.25) is 17.6 Å². The lowest BCUT2D eigenvalue weighted by atomic mass is 10.1. The molecule has 1 amide bonds. The number of aromatic nitrogens is 2. The van der Waals surface area contributed by atoms with E-state index in [4.69, 9.17) is 8.94 Å². The van der Waals surface area contributed by atoms with Crippen molar-refractivity contribution in [3.63, 3.8) is 0 Å². The number of hydrogen-bond donors (Lipinski definition) is 0. The predicted molar refractivity (Wildman–Crippen MR) is 109 cm³/mol. The van der Waals surface area contributed by atoms with E-state index in [0.717, 1.165) is 18.7 Å². The first kappa shape index (κ1) is 19.2. The van der Waals surface area contributed by atoms with Crippen LogP contribution in [0.15, 0.2) is 51.6 Å². The van der Waals surface area contributed by atoms with E-state index in [1.807, 2.05) is 7.05 Å². The summed E-state index contributed by atoms with van der Waals surface area (Å²) < 4.78 is 10.5. The first-order chi connectivity index (χ1) is 14.2. The summed E-state index contributed by atoms with van der Waals surface area (Å²) in [5, 5.41) is 3.89. The van der Waals surface area contributed by atoms with Crippen molar-refractivity contribution in [3.05, 3.63) is 54.1 Å². The minimum Gasteiger partial charge on any atom is -0.461 e. The Hall–Kier alpha value is -3.09. The second kappa shape index (κ2) is 8.94. The lowest BCUT2D eigenvalue weighted by molar-refractivity contribution is -0.130. The van der Waals surface area contributed by atoms with E-state index in [-0.39, 0.29) is 5.91 Å². The van der Waals surface area contributed by atoms with Crippen molar-refractivity contribution >= 4 is 11.6 Å². The molecule has 1 aliphatic heterocycles. The molecule has 0 spiro atoms. The van der Waals surface area contributed by atoms with Gasteiger partial charge in [-0.15, -0.1) is 0 Å². The summed E-state index contributed by atoms with van der Waals surface area (Å²) in [6.07, 6.45) is 6.15. The van der Waals surface area contributed by atoms with Gasteiger partial charge in [-0.25, -0.2) is 0 Å². The van der Waals surface area contributed by atoms with E-state index in [1.54, 1.807) is 23.3 Å². The highest BCUT2D eigenvalue weighted by Crippen LogP contribution is 2.21. The van der Waals surface area contributed by atoms with Crippen molar-refractivity contribution < 1.29 is 13.7 Å². The number of furan rings is 1. The summed E-state index contributed by atoms with van der Waals surface area (Å²) >= 11 is 0. The van der Waals surface area contributed by atoms with E-state index < -0.39 is 0 Å². The number of amides is 1. The van der Waals surface area contributed by atoms with E-state index >= 15 is 0 Å². The average Bonchev–Trinajstić information content (AvgIpc) is 3.45. The van der Waals surface area contributed by atoms with Crippen LogP contribution in [-0.2, 0) is 17.8 Å². The smallest absolute Gasteiger partial charge is 0.238 e. The zero-order chi connectivity index (χ0) is 20.1. The van der Waals surface area contributed by atoms with Crippen LogP contribution in [0, 0.1) is 0 Å². The van der Waals surface area contributed by atoms with Crippen LogP contribution in [0.25, 0.3) is 11.6 Å². The van der Waals surface area contributed by atoms with Crippen molar-refractivity contribution in [3.8, 4) is 11.6 Å². The SMILES string of the molecule is CN(Cc1ccc(N2CCCCC2)cc1)C(=O)CCc1nc(-c2ccco2)no1. The third kappa shape index (κ3) is 4.85. The van der Waals surface area contributed by atoms with Crippen LogP contribution < -0.4 is 4.90 Å². The Balaban J connectivity index is 1.27. The van der Waals surface area contributed by atoms with Crippen LogP contribution >= 0.6 is 0 Å². The second-order valence-electron chi connectivity index (χ2n) is 7.45. The van der Waals surface area contributed by atoms with Gasteiger partial charge in [0.15, 0.2) is 5.76 Å². The molecular formula is C22H26N4O3. The van der Waals surface area contributed by atoms with Crippen molar-refractivity contribution in [1.82, 2.24) is 15.0 Å². The molecule has 4 rings (SSSR count). The van der Waals surface area contributed by atoms with Crippen LogP contribution in [0.1, 0.15) is 37.1 Å². The molecular weight excluding hydrogens is 368 g/mol. The summed E-state index contributed by atoms with van der Waals surface area (Å²) in [4.78, 5) is 20.9. The number of hydrogen-bond acceptors (Lipinski definition) is 6. The molecule has 2 aromatic heterocycles. The summed E-state index contributed by atoms with van der Waals surface area (Å²) in [5.41, 5.74) is 2.39. The highest BCUT2D eigenvalue weighted by Gasteiger charge is 2.15. The van der Waals surface area contributed by atoms with Crippen molar-refractivity contribution in [2.45, 2.75) is 38.6 Å². The maximum absolute atomic E-state index is 12.5. The van der Waals surface area contributed by atoms with E-state index in [0.29, 0.717) is 36.9 Å². The largest absolute Gasteiger partial charge is 0.461 e. The minimum atomic E-state index is 0.0443. The Kier molecular flexibility index (Phi) is 5.93. The third-order valence-corrected chi connectivity index (χ3v) is 5.27. The molecule has 1 saturated heterocycles. The molecule has 0 aliphatic carbocycles. The van der Waals surface area contributed by atoms with Crippen LogP contribution in [0.4, 0.5) is 5.69 Å². The Morgan fingerprint density at radius 3 is 2.66 bits per heavy atom. The molecule has 29 heavy (non-hydrogen) atoms. The van der Waals surface area contributed by atoms with E-state index in [2.05, 4.69) is 39.3 Å². The number of anilines is 1. The molecule has 0 unspecified atom stereocenters. The summed E-state index contributed by atoms with van der Waals surface area (Å²) in [7, 11) is 1.82. The van der Waals surface area contributed by atoms with Gasteiger partial charge in [0.1, 0.15) is 0 Å². The second-order valence-corrected chi connectivity index (χ2v) is 7.45. The zero-order valence-electron chi connectivity index (χ0n) is 16.7. The van der Waals surface area contributed by atoms with Crippen LogP contribution in [0.3, 0.4) is 0 Å². The van der Waals surface area contributed by atoms with Crippen molar-refractivity contribution in [2.75, 3.05) is 25.0 Å². The number of carbonyl (C=O) groups is 1. The van der Waals surface area contributed by atoms with Gasteiger partial charge in [-0.2, -0.15) is 4.98 Å². The van der Waals surface area contributed by atoms with Gasteiger partial charge in [0, 0.05) is 45.2 Å². The summed E-state index contributed by atoms with van der Waals surface area (Å²) in [6.45, 7) is 2.85. The highest BCUT2D eigenvalue weighted by atomic mass is 16.5. The van der Waals surface area contributed by atoms with Crippen LogP contribution in [0.5, 0.6) is 0 Å². The fourth-order valence-electron chi connectivity index (χ4n) is 3.59. The van der Waals surface area contributed by atoms with Gasteiger partial charge >= 0.3 is 0 Å². The normalized spacial score (nSPS) is 14.2. The predicted octanol–water partition coefficient (Wildman–Crippen LogP) is 3.91. The molecule has 1 fully saturated rings. The molecule has 152 valence electrons. The molecule has 0 atom stereocenters. The minimum absolute atomic E-state index is 0.0443. The van der Waals surface area contributed by atoms with Gasteiger partial charge in [-0.05, 0) is 49.1 Å². The maximum atomic E-state index is 12.5. The Morgan fingerprint density at radius 2 is 1.93 bits per heavy atom. The number of piperidine rings is 1. The molecule has 1 aromatic carbocycles. The monoisotopic (exact) mass is 394 g/mol. The van der Waals surface area contributed by atoms with Crippen LogP contribution in [-0.4, -0.2) is 41.1 Å². The lowest BCUT2D eigenvalue weighted by Crippen LogP contribution is -2.29.